The van der Waals surface area contributed by atoms with Crippen molar-refractivity contribution in [2.75, 3.05) is 19.6 Å². The van der Waals surface area contributed by atoms with Crippen molar-refractivity contribution < 1.29 is 4.39 Å². The van der Waals surface area contributed by atoms with Gasteiger partial charge in [0.25, 0.3) is 0 Å². The summed E-state index contributed by atoms with van der Waals surface area (Å²) in [7, 11) is 0. The molecule has 0 amide bonds. The smallest absolute Gasteiger partial charge is 0.129 e. The molecule has 0 aromatic heterocycles. The first kappa shape index (κ1) is 14.0. The fraction of sp³-hybridized carbons (Fsp3) is 0.571. The van der Waals surface area contributed by atoms with E-state index in [9.17, 15) is 4.39 Å². The minimum absolute atomic E-state index is 0.00894. The average Bonchev–Trinajstić information content (AvgIpc) is 2.81. The molecule has 0 saturated carbocycles. The van der Waals surface area contributed by atoms with Crippen LogP contribution in [0.4, 0.5) is 4.39 Å². The van der Waals surface area contributed by atoms with Crippen molar-refractivity contribution in [1.29, 1.82) is 0 Å². The lowest BCUT2D eigenvalue weighted by Gasteiger charge is -2.27. The predicted octanol–water partition coefficient (Wildman–Crippen LogP) is 3.32. The van der Waals surface area contributed by atoms with Gasteiger partial charge in [-0.05, 0) is 31.0 Å². The molecule has 0 spiro atoms. The maximum Gasteiger partial charge on any atom is 0.129 e. The number of halogens is 2. The number of hydrogen-bond donors (Lipinski definition) is 1. The molecular formula is C14H20BrFN2. The molecule has 2 rings (SSSR count). The van der Waals surface area contributed by atoms with Gasteiger partial charge < -0.3 is 5.73 Å². The number of nitrogens with two attached hydrogens (primary N) is 1. The van der Waals surface area contributed by atoms with Gasteiger partial charge in [-0.3, -0.25) is 4.90 Å². The number of likely N-dealkylation sites (tertiary alicyclic amines) is 1. The first-order valence-corrected chi connectivity index (χ1v) is 7.34. The zero-order valence-corrected chi connectivity index (χ0v) is 12.3. The molecule has 100 valence electrons. The van der Waals surface area contributed by atoms with Gasteiger partial charge in [-0.25, -0.2) is 4.39 Å². The Morgan fingerprint density at radius 1 is 1.56 bits per heavy atom. The second kappa shape index (κ2) is 6.13. The van der Waals surface area contributed by atoms with E-state index in [0.29, 0.717) is 6.54 Å². The van der Waals surface area contributed by atoms with Crippen LogP contribution in [0.2, 0.25) is 0 Å². The molecule has 1 fully saturated rings. The lowest BCUT2D eigenvalue weighted by Crippen LogP contribution is -2.32. The average molecular weight is 315 g/mol. The fourth-order valence-electron chi connectivity index (χ4n) is 2.72. The minimum Gasteiger partial charge on any atom is -0.329 e. The second-order valence-electron chi connectivity index (χ2n) is 4.98. The molecule has 1 aromatic carbocycles. The van der Waals surface area contributed by atoms with E-state index in [1.807, 2.05) is 12.1 Å². The van der Waals surface area contributed by atoms with Crippen LogP contribution in [0.15, 0.2) is 22.7 Å². The molecule has 18 heavy (non-hydrogen) atoms. The highest BCUT2D eigenvalue weighted by Gasteiger charge is 2.28. The van der Waals surface area contributed by atoms with Crippen molar-refractivity contribution in [2.24, 2.45) is 11.7 Å². The normalized spacial score (nSPS) is 22.3. The molecule has 0 radical (unpaired) electrons. The monoisotopic (exact) mass is 314 g/mol. The van der Waals surface area contributed by atoms with E-state index in [0.717, 1.165) is 29.0 Å². The van der Waals surface area contributed by atoms with E-state index in [1.54, 1.807) is 0 Å². The predicted molar refractivity (Wildman–Crippen MR) is 75.9 cm³/mol. The van der Waals surface area contributed by atoms with Crippen LogP contribution in [0.5, 0.6) is 0 Å². The summed E-state index contributed by atoms with van der Waals surface area (Å²) >= 11 is 3.29. The Morgan fingerprint density at radius 2 is 2.33 bits per heavy atom. The molecule has 1 aliphatic rings. The molecule has 0 aliphatic carbocycles. The van der Waals surface area contributed by atoms with Gasteiger partial charge in [0.2, 0.25) is 0 Å². The first-order valence-electron chi connectivity index (χ1n) is 6.54. The van der Waals surface area contributed by atoms with Gasteiger partial charge in [0.05, 0.1) is 0 Å². The van der Waals surface area contributed by atoms with Gasteiger partial charge in [0.1, 0.15) is 5.82 Å². The first-order chi connectivity index (χ1) is 8.65. The minimum atomic E-state index is -0.167. The third kappa shape index (κ3) is 2.92. The number of hydrogen-bond acceptors (Lipinski definition) is 2. The third-order valence-electron chi connectivity index (χ3n) is 3.88. The standard InChI is InChI=1S/C14H20BrFN2/c1-2-10-5-6-18(9-10)14(8-17)12-4-3-11(15)7-13(12)16/h3-4,7,10,14H,2,5-6,8-9,17H2,1H3. The molecule has 1 heterocycles. The summed E-state index contributed by atoms with van der Waals surface area (Å²) in [6.45, 7) is 4.74. The third-order valence-corrected chi connectivity index (χ3v) is 4.37. The van der Waals surface area contributed by atoms with Crippen molar-refractivity contribution in [3.05, 3.63) is 34.1 Å². The number of rotatable bonds is 4. The van der Waals surface area contributed by atoms with E-state index in [2.05, 4.69) is 27.8 Å². The zero-order chi connectivity index (χ0) is 13.1. The highest BCUT2D eigenvalue weighted by molar-refractivity contribution is 9.10. The fourth-order valence-corrected chi connectivity index (χ4v) is 3.06. The molecule has 2 N–H and O–H groups in total. The Morgan fingerprint density at radius 3 is 2.89 bits per heavy atom. The highest BCUT2D eigenvalue weighted by atomic mass is 79.9. The second-order valence-corrected chi connectivity index (χ2v) is 5.89. The lowest BCUT2D eigenvalue weighted by molar-refractivity contribution is 0.236. The summed E-state index contributed by atoms with van der Waals surface area (Å²) in [5.41, 5.74) is 6.58. The van der Waals surface area contributed by atoms with E-state index < -0.39 is 0 Å². The topological polar surface area (TPSA) is 29.3 Å². The van der Waals surface area contributed by atoms with E-state index >= 15 is 0 Å². The summed E-state index contributed by atoms with van der Waals surface area (Å²) < 4.78 is 14.8. The molecule has 1 aliphatic heterocycles. The van der Waals surface area contributed by atoms with Crippen molar-refractivity contribution in [3.63, 3.8) is 0 Å². The Kier molecular flexibility index (Phi) is 4.76. The molecule has 4 heteroatoms. The maximum atomic E-state index is 14.0. The van der Waals surface area contributed by atoms with Crippen LogP contribution in [-0.2, 0) is 0 Å². The van der Waals surface area contributed by atoms with Crippen LogP contribution >= 0.6 is 15.9 Å². The van der Waals surface area contributed by atoms with Gasteiger partial charge in [-0.15, -0.1) is 0 Å². The quantitative estimate of drug-likeness (QED) is 0.923. The summed E-state index contributed by atoms with van der Waals surface area (Å²) in [6, 6.07) is 5.25. The van der Waals surface area contributed by atoms with Crippen LogP contribution < -0.4 is 5.73 Å². The lowest BCUT2D eigenvalue weighted by atomic mass is 10.0. The van der Waals surface area contributed by atoms with E-state index in [4.69, 9.17) is 5.73 Å². The molecule has 0 bridgehead atoms. The van der Waals surface area contributed by atoms with E-state index in [-0.39, 0.29) is 11.9 Å². The molecule has 2 unspecified atom stereocenters. The van der Waals surface area contributed by atoms with Crippen LogP contribution in [0.25, 0.3) is 0 Å². The summed E-state index contributed by atoms with van der Waals surface area (Å²) in [4.78, 5) is 2.32. The molecule has 2 nitrogen and oxygen atoms in total. The van der Waals surface area contributed by atoms with Gasteiger partial charge in [-0.2, -0.15) is 0 Å². The van der Waals surface area contributed by atoms with E-state index in [1.165, 1.54) is 18.9 Å². The SMILES string of the molecule is CCC1CCN(C(CN)c2ccc(Br)cc2F)C1. The van der Waals surface area contributed by atoms with Crippen molar-refractivity contribution in [1.82, 2.24) is 4.90 Å². The maximum absolute atomic E-state index is 14.0. The van der Waals surface area contributed by atoms with Gasteiger partial charge >= 0.3 is 0 Å². The van der Waals surface area contributed by atoms with Crippen LogP contribution in [0, 0.1) is 11.7 Å². The van der Waals surface area contributed by atoms with Gasteiger partial charge in [0, 0.05) is 29.2 Å². The molecule has 1 saturated heterocycles. The van der Waals surface area contributed by atoms with Gasteiger partial charge in [0.15, 0.2) is 0 Å². The van der Waals surface area contributed by atoms with Crippen molar-refractivity contribution >= 4 is 15.9 Å². The van der Waals surface area contributed by atoms with Gasteiger partial charge in [-0.1, -0.05) is 35.3 Å². The summed E-state index contributed by atoms with van der Waals surface area (Å²) in [5.74, 6) is 0.567. The number of benzene rings is 1. The molecular weight excluding hydrogens is 295 g/mol. The zero-order valence-electron chi connectivity index (χ0n) is 10.7. The molecule has 1 aromatic rings. The largest absolute Gasteiger partial charge is 0.329 e. The number of nitrogens with zero attached hydrogens (tertiary/aromatic N) is 1. The molecule has 2 atom stereocenters. The Hall–Kier alpha value is -0.450. The summed E-state index contributed by atoms with van der Waals surface area (Å²) in [5, 5.41) is 0. The summed E-state index contributed by atoms with van der Waals surface area (Å²) in [6.07, 6.45) is 2.39. The Bertz CT molecular complexity index is 411. The Balaban J connectivity index is 2.18. The van der Waals surface area contributed by atoms with Crippen LogP contribution in [-0.4, -0.2) is 24.5 Å². The Labute approximate surface area is 116 Å². The highest BCUT2D eigenvalue weighted by Crippen LogP contribution is 2.30. The van der Waals surface area contributed by atoms with Crippen LogP contribution in [0.1, 0.15) is 31.4 Å². The van der Waals surface area contributed by atoms with Crippen LogP contribution in [0.3, 0.4) is 0 Å². The van der Waals surface area contributed by atoms with Crippen molar-refractivity contribution in [3.8, 4) is 0 Å². The van der Waals surface area contributed by atoms with Crippen molar-refractivity contribution in [2.45, 2.75) is 25.8 Å².